The van der Waals surface area contributed by atoms with Gasteiger partial charge in [-0.05, 0) is 51.9 Å². The summed E-state index contributed by atoms with van der Waals surface area (Å²) >= 11 is 0. The van der Waals surface area contributed by atoms with Gasteiger partial charge in [-0.25, -0.2) is 13.2 Å². The van der Waals surface area contributed by atoms with Gasteiger partial charge in [0.25, 0.3) is 5.91 Å². The number of carbonyl (C=O) groups is 2. The van der Waals surface area contributed by atoms with Crippen molar-refractivity contribution in [1.82, 2.24) is 10.0 Å². The highest BCUT2D eigenvalue weighted by molar-refractivity contribution is 7.89. The Hall–Kier alpha value is -1.31. The van der Waals surface area contributed by atoms with Crippen molar-refractivity contribution in [1.29, 1.82) is 0 Å². The number of nitrogens with one attached hydrogen (secondary N) is 2. The molecule has 0 bridgehead atoms. The summed E-state index contributed by atoms with van der Waals surface area (Å²) in [5.41, 5.74) is -1.82. The molecule has 2 rings (SSSR count). The van der Waals surface area contributed by atoms with Crippen molar-refractivity contribution in [3.63, 3.8) is 0 Å². The van der Waals surface area contributed by atoms with E-state index >= 15 is 0 Å². The van der Waals surface area contributed by atoms with Gasteiger partial charge in [0, 0.05) is 0 Å². The molecular weight excluding hydrogens is 296 g/mol. The molecule has 0 aromatic rings. The molecule has 2 N–H and O–H groups in total. The Morgan fingerprint density at radius 2 is 1.81 bits per heavy atom. The van der Waals surface area contributed by atoms with Crippen molar-refractivity contribution in [2.75, 3.05) is 6.26 Å². The number of amides is 2. The zero-order chi connectivity index (χ0) is 16.1. The minimum Gasteiger partial charge on any atom is -0.444 e. The smallest absolute Gasteiger partial charge is 0.408 e. The van der Waals surface area contributed by atoms with Gasteiger partial charge in [-0.3, -0.25) is 9.52 Å². The monoisotopic (exact) mass is 318 g/mol. The number of rotatable bonds is 4. The zero-order valence-electron chi connectivity index (χ0n) is 12.7. The number of ether oxygens (including phenoxy) is 1. The molecule has 0 aromatic heterocycles. The van der Waals surface area contributed by atoms with Crippen LogP contribution in [0.4, 0.5) is 4.79 Å². The fourth-order valence-corrected chi connectivity index (χ4v) is 3.08. The van der Waals surface area contributed by atoms with E-state index in [9.17, 15) is 18.0 Å². The minimum absolute atomic E-state index is 0.00762. The third-order valence-corrected chi connectivity index (χ3v) is 4.17. The number of hydrogen-bond acceptors (Lipinski definition) is 5. The van der Waals surface area contributed by atoms with Crippen LogP contribution in [0.5, 0.6) is 0 Å². The third-order valence-electron chi connectivity index (χ3n) is 3.61. The van der Waals surface area contributed by atoms with E-state index in [1.165, 1.54) is 0 Å². The van der Waals surface area contributed by atoms with Crippen LogP contribution in [0.15, 0.2) is 0 Å². The van der Waals surface area contributed by atoms with Crippen molar-refractivity contribution in [2.45, 2.75) is 51.2 Å². The molecule has 2 fully saturated rings. The standard InChI is InChI=1S/C13H22N2O5S/c1-12(2,3)20-11(17)14-13(7-9(13)8-5-6-8)10(16)15-21(4,18)19/h8-9H,5-7H2,1-4H3,(H,14,17)(H,15,16)/t9-,13?/m0/s1. The van der Waals surface area contributed by atoms with Crippen LogP contribution in [0.3, 0.4) is 0 Å². The van der Waals surface area contributed by atoms with Gasteiger partial charge < -0.3 is 10.1 Å². The second-order valence-corrected chi connectivity index (χ2v) is 8.70. The van der Waals surface area contributed by atoms with E-state index in [0.717, 1.165) is 19.1 Å². The van der Waals surface area contributed by atoms with Gasteiger partial charge in [0.15, 0.2) is 0 Å². The van der Waals surface area contributed by atoms with Crippen LogP contribution >= 0.6 is 0 Å². The van der Waals surface area contributed by atoms with Gasteiger partial charge in [0.2, 0.25) is 10.0 Å². The summed E-state index contributed by atoms with van der Waals surface area (Å²) in [6.07, 6.45) is 2.69. The van der Waals surface area contributed by atoms with Crippen LogP contribution < -0.4 is 10.0 Å². The van der Waals surface area contributed by atoms with E-state index in [-0.39, 0.29) is 5.92 Å². The predicted octanol–water partition coefficient (Wildman–Crippen LogP) is 0.756. The fourth-order valence-electron chi connectivity index (χ4n) is 2.56. The van der Waals surface area contributed by atoms with Crippen LogP contribution in [-0.4, -0.2) is 37.8 Å². The molecule has 2 aliphatic carbocycles. The van der Waals surface area contributed by atoms with Crippen molar-refractivity contribution in [2.24, 2.45) is 11.8 Å². The fraction of sp³-hybridized carbons (Fsp3) is 0.846. The van der Waals surface area contributed by atoms with Crippen molar-refractivity contribution >= 4 is 22.0 Å². The van der Waals surface area contributed by atoms with Crippen molar-refractivity contribution < 1.29 is 22.7 Å². The van der Waals surface area contributed by atoms with Gasteiger partial charge in [-0.1, -0.05) is 0 Å². The van der Waals surface area contributed by atoms with E-state index in [1.54, 1.807) is 20.8 Å². The van der Waals surface area contributed by atoms with E-state index in [0.29, 0.717) is 12.3 Å². The molecule has 2 amide bonds. The number of hydrogen-bond donors (Lipinski definition) is 2. The second-order valence-electron chi connectivity index (χ2n) is 6.95. The first-order chi connectivity index (χ1) is 9.43. The number of alkyl carbamates (subject to hydrolysis) is 1. The molecule has 0 saturated heterocycles. The lowest BCUT2D eigenvalue weighted by molar-refractivity contribution is -0.122. The highest BCUT2D eigenvalue weighted by atomic mass is 32.2. The van der Waals surface area contributed by atoms with Crippen LogP contribution in [0, 0.1) is 11.8 Å². The molecule has 1 unspecified atom stereocenters. The highest BCUT2D eigenvalue weighted by Gasteiger charge is 2.66. The second kappa shape index (κ2) is 4.86. The van der Waals surface area contributed by atoms with Crippen molar-refractivity contribution in [3.8, 4) is 0 Å². The lowest BCUT2D eigenvalue weighted by Crippen LogP contribution is -2.53. The van der Waals surface area contributed by atoms with Crippen LogP contribution in [0.2, 0.25) is 0 Å². The molecule has 2 saturated carbocycles. The molecule has 0 aliphatic heterocycles. The van der Waals surface area contributed by atoms with Gasteiger partial charge in [0.1, 0.15) is 11.1 Å². The molecule has 2 aliphatic rings. The molecule has 7 nitrogen and oxygen atoms in total. The van der Waals surface area contributed by atoms with E-state index in [2.05, 4.69) is 5.32 Å². The molecule has 0 radical (unpaired) electrons. The topological polar surface area (TPSA) is 102 Å². The summed E-state index contributed by atoms with van der Waals surface area (Å²) in [5.74, 6) is -0.301. The van der Waals surface area contributed by atoms with E-state index in [1.807, 2.05) is 4.72 Å². The highest BCUT2D eigenvalue weighted by Crippen LogP contribution is 2.57. The van der Waals surface area contributed by atoms with Crippen LogP contribution in [0.1, 0.15) is 40.0 Å². The van der Waals surface area contributed by atoms with Crippen LogP contribution in [-0.2, 0) is 19.6 Å². The van der Waals surface area contributed by atoms with Crippen LogP contribution in [0.25, 0.3) is 0 Å². The van der Waals surface area contributed by atoms with Gasteiger partial charge in [-0.15, -0.1) is 0 Å². The predicted molar refractivity (Wildman–Crippen MR) is 75.9 cm³/mol. The van der Waals surface area contributed by atoms with Gasteiger partial charge in [-0.2, -0.15) is 0 Å². The maximum absolute atomic E-state index is 12.2. The summed E-state index contributed by atoms with van der Waals surface area (Å²) < 4.78 is 29.6. The SMILES string of the molecule is CC(C)(C)OC(=O)NC1(C(=O)NS(C)(=O)=O)C[C@H]1C1CC1. The molecule has 2 atom stereocenters. The lowest BCUT2D eigenvalue weighted by atomic mass is 10.1. The first kappa shape index (κ1) is 16.1. The minimum atomic E-state index is -3.66. The zero-order valence-corrected chi connectivity index (χ0v) is 13.5. The Labute approximate surface area is 124 Å². The third kappa shape index (κ3) is 4.09. The Morgan fingerprint density at radius 1 is 1.24 bits per heavy atom. The summed E-state index contributed by atoms with van der Waals surface area (Å²) in [7, 11) is -3.66. The average Bonchev–Trinajstić information content (AvgIpc) is 3.03. The molecule has 0 spiro atoms. The largest absolute Gasteiger partial charge is 0.444 e. The summed E-state index contributed by atoms with van der Waals surface area (Å²) in [5, 5.41) is 2.58. The first-order valence-electron chi connectivity index (χ1n) is 6.96. The number of sulfonamides is 1. The summed E-state index contributed by atoms with van der Waals surface area (Å²) in [6, 6.07) is 0. The Kier molecular flexibility index (Phi) is 3.72. The average molecular weight is 318 g/mol. The Bertz CT molecular complexity index is 562. The molecule has 0 heterocycles. The van der Waals surface area contributed by atoms with E-state index < -0.39 is 33.2 Å². The molecule has 8 heteroatoms. The summed E-state index contributed by atoms with van der Waals surface area (Å²) in [6.45, 7) is 5.17. The first-order valence-corrected chi connectivity index (χ1v) is 8.85. The van der Waals surface area contributed by atoms with Crippen molar-refractivity contribution in [3.05, 3.63) is 0 Å². The molecule has 21 heavy (non-hydrogen) atoms. The van der Waals surface area contributed by atoms with E-state index in [4.69, 9.17) is 4.74 Å². The van der Waals surface area contributed by atoms with Gasteiger partial charge >= 0.3 is 6.09 Å². The Balaban J connectivity index is 2.08. The molecular formula is C13H22N2O5S. The van der Waals surface area contributed by atoms with Gasteiger partial charge in [0.05, 0.1) is 6.26 Å². The maximum Gasteiger partial charge on any atom is 0.408 e. The molecule has 0 aromatic carbocycles. The lowest BCUT2D eigenvalue weighted by Gasteiger charge is -2.23. The summed E-state index contributed by atoms with van der Waals surface area (Å²) in [4.78, 5) is 24.1. The quantitative estimate of drug-likeness (QED) is 0.796. The Morgan fingerprint density at radius 3 is 2.24 bits per heavy atom. The normalized spacial score (nSPS) is 28.7. The molecule has 120 valence electrons. The number of carbonyl (C=O) groups excluding carboxylic acids is 2. The maximum atomic E-state index is 12.2.